The molecule has 21 heavy (non-hydrogen) atoms. The van der Waals surface area contributed by atoms with Crippen molar-refractivity contribution in [2.24, 2.45) is 0 Å². The third-order valence-corrected chi connectivity index (χ3v) is 4.26. The molecule has 0 unspecified atom stereocenters. The van der Waals surface area contributed by atoms with Crippen LogP contribution < -0.4 is 14.5 Å². The van der Waals surface area contributed by atoms with Crippen LogP contribution in [-0.4, -0.2) is 33.3 Å². The largest absolute Gasteiger partial charge is 0.497 e. The summed E-state index contributed by atoms with van der Waals surface area (Å²) in [7, 11) is 1.72. The summed E-state index contributed by atoms with van der Waals surface area (Å²) in [6.07, 6.45) is 1.76. The average Bonchev–Trinajstić information content (AvgIpc) is 3.02. The number of nitrogens with one attached hydrogen (secondary N) is 2. The molecular weight excluding hydrogens is 264 g/mol. The highest BCUT2D eigenvalue weighted by Gasteiger charge is 2.23. The summed E-state index contributed by atoms with van der Waals surface area (Å²) in [6, 6.07) is 12.5. The quantitative estimate of drug-likeness (QED) is 0.796. The van der Waals surface area contributed by atoms with E-state index in [1.54, 1.807) is 23.2 Å². The first-order valence-corrected chi connectivity index (χ1v) is 7.66. The van der Waals surface area contributed by atoms with Crippen molar-refractivity contribution in [3.05, 3.63) is 54.0 Å². The molecule has 1 aliphatic heterocycles. The van der Waals surface area contributed by atoms with Crippen molar-refractivity contribution in [1.82, 2.24) is 0 Å². The Balaban J connectivity index is 1.49. The Morgan fingerprint density at radius 2 is 1.76 bits per heavy atom. The van der Waals surface area contributed by atoms with Gasteiger partial charge >= 0.3 is 0 Å². The van der Waals surface area contributed by atoms with Crippen molar-refractivity contribution in [3.8, 4) is 5.75 Å². The fraction of sp³-hybridized carbons (Fsp3) is 0.412. The molecule has 0 atom stereocenters. The maximum atomic E-state index is 5.44. The number of furan rings is 1. The fourth-order valence-electron chi connectivity index (χ4n) is 3.04. The van der Waals surface area contributed by atoms with E-state index in [2.05, 4.69) is 24.3 Å². The molecule has 4 nitrogen and oxygen atoms in total. The molecule has 0 amide bonds. The molecule has 0 saturated carbocycles. The van der Waals surface area contributed by atoms with Gasteiger partial charge in [-0.25, -0.2) is 0 Å². The number of hydrogen-bond acceptors (Lipinski definition) is 2. The van der Waals surface area contributed by atoms with Crippen molar-refractivity contribution < 1.29 is 19.0 Å². The van der Waals surface area contributed by atoms with E-state index in [9.17, 15) is 0 Å². The van der Waals surface area contributed by atoms with Crippen LogP contribution in [0.15, 0.2) is 47.1 Å². The predicted molar refractivity (Wildman–Crippen MR) is 80.5 cm³/mol. The van der Waals surface area contributed by atoms with Crippen LogP contribution in [-0.2, 0) is 13.1 Å². The molecule has 1 saturated heterocycles. The molecule has 1 aromatic heterocycles. The zero-order chi connectivity index (χ0) is 14.5. The monoisotopic (exact) mass is 288 g/mol. The minimum Gasteiger partial charge on any atom is -0.497 e. The Hall–Kier alpha value is -1.78. The molecule has 0 spiro atoms. The van der Waals surface area contributed by atoms with Gasteiger partial charge in [-0.15, -0.1) is 0 Å². The van der Waals surface area contributed by atoms with Gasteiger partial charge in [0.2, 0.25) is 0 Å². The molecule has 0 bridgehead atoms. The van der Waals surface area contributed by atoms with E-state index >= 15 is 0 Å². The third kappa shape index (κ3) is 3.86. The zero-order valence-electron chi connectivity index (χ0n) is 12.6. The molecule has 2 heterocycles. The topological polar surface area (TPSA) is 31.3 Å². The summed E-state index contributed by atoms with van der Waals surface area (Å²) in [5.74, 6) is 2.05. The molecule has 3 rings (SSSR count). The Bertz CT molecular complexity index is 546. The summed E-state index contributed by atoms with van der Waals surface area (Å²) < 4.78 is 10.7. The number of rotatable bonds is 5. The van der Waals surface area contributed by atoms with Crippen molar-refractivity contribution in [1.29, 1.82) is 0 Å². The summed E-state index contributed by atoms with van der Waals surface area (Å²) in [6.45, 7) is 6.95. The van der Waals surface area contributed by atoms with Crippen molar-refractivity contribution in [2.75, 3.05) is 33.3 Å². The number of hydrogen-bond donors (Lipinski definition) is 2. The van der Waals surface area contributed by atoms with Gasteiger partial charge in [-0.1, -0.05) is 12.1 Å². The number of methoxy groups -OCH3 is 1. The van der Waals surface area contributed by atoms with Crippen LogP contribution in [0.1, 0.15) is 11.3 Å². The summed E-state index contributed by atoms with van der Waals surface area (Å²) in [5, 5.41) is 0. The van der Waals surface area contributed by atoms with Crippen LogP contribution in [0.5, 0.6) is 5.75 Å². The molecule has 0 radical (unpaired) electrons. The third-order valence-electron chi connectivity index (χ3n) is 4.26. The van der Waals surface area contributed by atoms with Gasteiger partial charge in [-0.05, 0) is 24.3 Å². The number of benzene rings is 1. The Labute approximate surface area is 125 Å². The summed E-state index contributed by atoms with van der Waals surface area (Å²) >= 11 is 0. The maximum Gasteiger partial charge on any atom is 0.157 e. The SMILES string of the molecule is COc1cccc(C[NH+]2CC[NH+](Cc3ccco3)CC2)c1. The van der Waals surface area contributed by atoms with Gasteiger partial charge in [-0.2, -0.15) is 0 Å². The lowest BCUT2D eigenvalue weighted by molar-refractivity contribution is -1.02. The molecule has 4 heteroatoms. The van der Waals surface area contributed by atoms with Crippen molar-refractivity contribution >= 4 is 0 Å². The Morgan fingerprint density at radius 3 is 2.43 bits per heavy atom. The van der Waals surface area contributed by atoms with Crippen LogP contribution in [0.4, 0.5) is 0 Å². The minimum atomic E-state index is 0.953. The van der Waals surface area contributed by atoms with Crippen LogP contribution in [0.3, 0.4) is 0 Å². The fourth-order valence-corrected chi connectivity index (χ4v) is 3.04. The molecule has 2 N–H and O–H groups in total. The zero-order valence-corrected chi connectivity index (χ0v) is 12.6. The van der Waals surface area contributed by atoms with Gasteiger partial charge in [0.15, 0.2) is 5.76 Å². The number of ether oxygens (including phenoxy) is 1. The minimum absolute atomic E-state index is 0.953. The molecule has 0 aliphatic carbocycles. The van der Waals surface area contributed by atoms with Gasteiger partial charge < -0.3 is 19.0 Å². The van der Waals surface area contributed by atoms with Gasteiger partial charge in [0.25, 0.3) is 0 Å². The second-order valence-corrected chi connectivity index (χ2v) is 5.78. The van der Waals surface area contributed by atoms with E-state index in [0.29, 0.717) is 0 Å². The molecular formula is C17H24N2O2+2. The molecule has 1 aliphatic rings. The molecule has 2 aromatic rings. The molecule has 112 valence electrons. The lowest BCUT2D eigenvalue weighted by atomic mass is 10.2. The number of quaternary nitrogens is 2. The second kappa shape index (κ2) is 6.78. The van der Waals surface area contributed by atoms with E-state index < -0.39 is 0 Å². The van der Waals surface area contributed by atoms with Crippen molar-refractivity contribution in [3.63, 3.8) is 0 Å². The highest BCUT2D eigenvalue weighted by molar-refractivity contribution is 5.27. The van der Waals surface area contributed by atoms with Gasteiger partial charge in [0.1, 0.15) is 45.0 Å². The first-order chi connectivity index (χ1) is 10.3. The van der Waals surface area contributed by atoms with Crippen LogP contribution in [0.2, 0.25) is 0 Å². The van der Waals surface area contributed by atoms with Gasteiger partial charge in [0.05, 0.1) is 13.4 Å². The molecule has 1 aromatic carbocycles. The van der Waals surface area contributed by atoms with Crippen LogP contribution in [0.25, 0.3) is 0 Å². The lowest BCUT2D eigenvalue weighted by Gasteiger charge is -2.29. The normalized spacial score (nSPS) is 22.1. The highest BCUT2D eigenvalue weighted by atomic mass is 16.5. The first-order valence-electron chi connectivity index (χ1n) is 7.66. The highest BCUT2D eigenvalue weighted by Crippen LogP contribution is 2.11. The second-order valence-electron chi connectivity index (χ2n) is 5.78. The van der Waals surface area contributed by atoms with E-state index in [1.165, 1.54) is 31.7 Å². The molecule has 1 fully saturated rings. The first kappa shape index (κ1) is 14.2. The van der Waals surface area contributed by atoms with Crippen LogP contribution in [0, 0.1) is 0 Å². The van der Waals surface area contributed by atoms with Crippen molar-refractivity contribution in [2.45, 2.75) is 13.1 Å². The Morgan fingerprint density at radius 1 is 1.00 bits per heavy atom. The summed E-state index contributed by atoms with van der Waals surface area (Å²) in [5.41, 5.74) is 1.36. The lowest BCUT2D eigenvalue weighted by Crippen LogP contribution is -3.27. The predicted octanol–water partition coefficient (Wildman–Crippen LogP) is -0.228. The smallest absolute Gasteiger partial charge is 0.157 e. The van der Waals surface area contributed by atoms with E-state index in [4.69, 9.17) is 9.15 Å². The van der Waals surface area contributed by atoms with E-state index in [-0.39, 0.29) is 0 Å². The summed E-state index contributed by atoms with van der Waals surface area (Å²) in [4.78, 5) is 3.28. The van der Waals surface area contributed by atoms with E-state index in [1.807, 2.05) is 12.1 Å². The Kier molecular flexibility index (Phi) is 4.58. The number of piperazine rings is 1. The standard InChI is InChI=1S/C17H22N2O2/c1-20-16-5-2-4-15(12-16)13-18-7-9-19(10-8-18)14-17-6-3-11-21-17/h2-6,11-12H,7-10,13-14H2,1H3/p+2. The van der Waals surface area contributed by atoms with Gasteiger partial charge in [0, 0.05) is 5.56 Å². The van der Waals surface area contributed by atoms with Crippen LogP contribution >= 0.6 is 0 Å². The average molecular weight is 288 g/mol. The van der Waals surface area contributed by atoms with Gasteiger partial charge in [-0.3, -0.25) is 0 Å². The van der Waals surface area contributed by atoms with E-state index in [0.717, 1.165) is 24.6 Å². The maximum absolute atomic E-state index is 5.44.